The lowest BCUT2D eigenvalue weighted by molar-refractivity contribution is -0.139. The van der Waals surface area contributed by atoms with Gasteiger partial charge in [0.25, 0.3) is 11.8 Å². The second-order valence-corrected chi connectivity index (χ2v) is 9.50. The molecule has 9 heteroatoms. The minimum atomic E-state index is -0.642. The zero-order valence-corrected chi connectivity index (χ0v) is 21.1. The van der Waals surface area contributed by atoms with Crippen LogP contribution in [-0.2, 0) is 9.59 Å². The van der Waals surface area contributed by atoms with Gasteiger partial charge in [-0.05, 0) is 61.0 Å². The van der Waals surface area contributed by atoms with Crippen LogP contribution in [0.3, 0.4) is 0 Å². The van der Waals surface area contributed by atoms with Crippen LogP contribution in [0.25, 0.3) is 0 Å². The van der Waals surface area contributed by atoms with Gasteiger partial charge >= 0.3 is 5.97 Å². The molecule has 3 amide bonds. The van der Waals surface area contributed by atoms with E-state index in [4.69, 9.17) is 9.47 Å². The third-order valence-electron chi connectivity index (χ3n) is 6.31. The minimum absolute atomic E-state index is 0.0263. The van der Waals surface area contributed by atoms with Crippen molar-refractivity contribution in [1.82, 2.24) is 0 Å². The first-order valence-corrected chi connectivity index (χ1v) is 12.0. The first-order valence-electron chi connectivity index (χ1n) is 11.2. The van der Waals surface area contributed by atoms with E-state index in [-0.39, 0.29) is 24.6 Å². The van der Waals surface area contributed by atoms with Crippen LogP contribution in [0, 0.1) is 12.8 Å². The molecule has 0 spiro atoms. The lowest BCUT2D eigenvalue weighted by Crippen LogP contribution is -2.30. The number of ether oxygens (including phenoxy) is 2. The number of amides is 3. The summed E-state index contributed by atoms with van der Waals surface area (Å²) in [6.45, 7) is 1.91. The van der Waals surface area contributed by atoms with Gasteiger partial charge in [0.2, 0.25) is 5.91 Å². The Morgan fingerprint density at radius 1 is 0.944 bits per heavy atom. The average Bonchev–Trinajstić information content (AvgIpc) is 3.36. The Kier molecular flexibility index (Phi) is 6.09. The summed E-state index contributed by atoms with van der Waals surface area (Å²) in [5.74, 6) is -1.36. The molecule has 2 aliphatic heterocycles. The SMILES string of the molecule is COc1ccccc1N1C[C@@H](C(=O)Oc2ccc(N3C(=O)c4ccc(Br)cc4C3=O)c(C)c2)CC1=O. The molecule has 0 saturated carbocycles. The van der Waals surface area contributed by atoms with E-state index in [1.165, 1.54) is 18.1 Å². The highest BCUT2D eigenvalue weighted by Gasteiger charge is 2.39. The zero-order chi connectivity index (χ0) is 25.6. The number of benzene rings is 3. The number of methoxy groups -OCH3 is 1. The summed E-state index contributed by atoms with van der Waals surface area (Å²) in [7, 11) is 1.53. The summed E-state index contributed by atoms with van der Waals surface area (Å²) in [5.41, 5.74) is 2.27. The highest BCUT2D eigenvalue weighted by molar-refractivity contribution is 9.10. The van der Waals surface area contributed by atoms with Crippen LogP contribution in [0.2, 0.25) is 0 Å². The summed E-state index contributed by atoms with van der Waals surface area (Å²) in [5, 5.41) is 0. The quantitative estimate of drug-likeness (QED) is 0.264. The molecule has 0 aliphatic carbocycles. The van der Waals surface area contributed by atoms with Crippen molar-refractivity contribution in [3.05, 3.63) is 81.8 Å². The van der Waals surface area contributed by atoms with Crippen molar-refractivity contribution in [2.45, 2.75) is 13.3 Å². The zero-order valence-electron chi connectivity index (χ0n) is 19.5. The van der Waals surface area contributed by atoms with Crippen molar-refractivity contribution in [1.29, 1.82) is 0 Å². The number of hydrogen-bond donors (Lipinski definition) is 0. The van der Waals surface area contributed by atoms with Crippen molar-refractivity contribution in [3.63, 3.8) is 0 Å². The van der Waals surface area contributed by atoms with E-state index in [0.29, 0.717) is 38.3 Å². The highest BCUT2D eigenvalue weighted by Crippen LogP contribution is 2.35. The number of hydrogen-bond acceptors (Lipinski definition) is 6. The molecule has 2 heterocycles. The Balaban J connectivity index is 1.31. The minimum Gasteiger partial charge on any atom is -0.495 e. The highest BCUT2D eigenvalue weighted by atomic mass is 79.9. The number of nitrogens with zero attached hydrogens (tertiary/aromatic N) is 2. The van der Waals surface area contributed by atoms with Crippen LogP contribution in [0.4, 0.5) is 11.4 Å². The normalized spacial score (nSPS) is 17.0. The number of aryl methyl sites for hydroxylation is 1. The predicted octanol–water partition coefficient (Wildman–Crippen LogP) is 4.53. The number of carbonyl (C=O) groups excluding carboxylic acids is 4. The number of esters is 1. The van der Waals surface area contributed by atoms with Gasteiger partial charge in [0.15, 0.2) is 0 Å². The third kappa shape index (κ3) is 4.05. The van der Waals surface area contributed by atoms with Crippen LogP contribution >= 0.6 is 15.9 Å². The monoisotopic (exact) mass is 548 g/mol. The van der Waals surface area contributed by atoms with Crippen LogP contribution in [0.5, 0.6) is 11.5 Å². The van der Waals surface area contributed by atoms with Gasteiger partial charge in [-0.15, -0.1) is 0 Å². The summed E-state index contributed by atoms with van der Waals surface area (Å²) < 4.78 is 11.6. The number of imide groups is 1. The fourth-order valence-electron chi connectivity index (χ4n) is 4.52. The standard InChI is InChI=1S/C27H21BrN2O6/c1-15-11-18(8-10-21(15)30-25(32)19-9-7-17(28)13-20(19)26(30)33)36-27(34)16-12-24(31)29(14-16)22-5-3-4-6-23(22)35-2/h3-11,13,16H,12,14H2,1-2H3/t16-/m0/s1. The molecule has 36 heavy (non-hydrogen) atoms. The maximum atomic E-state index is 12.9. The number of para-hydroxylation sites is 2. The predicted molar refractivity (Wildman–Crippen MR) is 136 cm³/mol. The maximum Gasteiger partial charge on any atom is 0.316 e. The molecule has 182 valence electrons. The van der Waals surface area contributed by atoms with Crippen LogP contribution < -0.4 is 19.3 Å². The third-order valence-corrected chi connectivity index (χ3v) is 6.80. The van der Waals surface area contributed by atoms with E-state index >= 15 is 0 Å². The number of rotatable bonds is 5. The second-order valence-electron chi connectivity index (χ2n) is 8.58. The number of fused-ring (bicyclic) bond motifs is 1. The van der Waals surface area contributed by atoms with Crippen molar-refractivity contribution in [3.8, 4) is 11.5 Å². The Morgan fingerprint density at radius 2 is 1.69 bits per heavy atom. The van der Waals surface area contributed by atoms with E-state index < -0.39 is 23.7 Å². The number of halogens is 1. The van der Waals surface area contributed by atoms with Crippen LogP contribution in [-0.4, -0.2) is 37.3 Å². The topological polar surface area (TPSA) is 93.2 Å². The first-order chi connectivity index (χ1) is 17.3. The average molecular weight is 549 g/mol. The Labute approximate surface area is 215 Å². The molecule has 2 aliphatic rings. The van der Waals surface area contributed by atoms with E-state index in [0.717, 1.165) is 4.90 Å². The molecule has 0 bridgehead atoms. The van der Waals surface area contributed by atoms with Gasteiger partial charge in [0, 0.05) is 17.4 Å². The molecule has 0 radical (unpaired) electrons. The second kappa shape index (κ2) is 9.23. The largest absolute Gasteiger partial charge is 0.495 e. The lowest BCUT2D eigenvalue weighted by atomic mass is 10.1. The molecule has 8 nitrogen and oxygen atoms in total. The van der Waals surface area contributed by atoms with Gasteiger partial charge in [-0.2, -0.15) is 0 Å². The number of anilines is 2. The van der Waals surface area contributed by atoms with Crippen molar-refractivity contribution >= 4 is 51.0 Å². The van der Waals surface area contributed by atoms with Gasteiger partial charge in [-0.1, -0.05) is 28.1 Å². The molecule has 0 aromatic heterocycles. The van der Waals surface area contributed by atoms with E-state index in [1.54, 1.807) is 55.5 Å². The van der Waals surface area contributed by atoms with Gasteiger partial charge in [-0.3, -0.25) is 19.2 Å². The van der Waals surface area contributed by atoms with Crippen molar-refractivity contribution in [2.75, 3.05) is 23.5 Å². The molecule has 3 aromatic rings. The summed E-state index contributed by atoms with van der Waals surface area (Å²) in [6.07, 6.45) is 0.0263. The van der Waals surface area contributed by atoms with Crippen LogP contribution in [0.15, 0.2) is 65.1 Å². The Bertz CT molecular complexity index is 1440. The van der Waals surface area contributed by atoms with Crippen molar-refractivity contribution in [2.24, 2.45) is 5.92 Å². The van der Waals surface area contributed by atoms with Gasteiger partial charge in [0.05, 0.1) is 35.5 Å². The molecule has 1 atom stereocenters. The molecular formula is C27H21BrN2O6. The molecule has 1 saturated heterocycles. The fraction of sp³-hybridized carbons (Fsp3) is 0.185. The summed E-state index contributed by atoms with van der Waals surface area (Å²) in [4.78, 5) is 54.0. The molecule has 3 aromatic carbocycles. The smallest absolute Gasteiger partial charge is 0.316 e. The maximum absolute atomic E-state index is 12.9. The van der Waals surface area contributed by atoms with Gasteiger partial charge < -0.3 is 14.4 Å². The fourth-order valence-corrected chi connectivity index (χ4v) is 4.89. The molecule has 1 fully saturated rings. The number of carbonyl (C=O) groups is 4. The summed E-state index contributed by atoms with van der Waals surface area (Å²) in [6, 6.07) is 16.8. The molecule has 0 unspecified atom stereocenters. The van der Waals surface area contributed by atoms with E-state index in [2.05, 4.69) is 15.9 Å². The van der Waals surface area contributed by atoms with Crippen LogP contribution in [0.1, 0.15) is 32.7 Å². The van der Waals surface area contributed by atoms with E-state index in [1.807, 2.05) is 6.07 Å². The Hall–Kier alpha value is -3.98. The molecule has 5 rings (SSSR count). The van der Waals surface area contributed by atoms with Gasteiger partial charge in [0.1, 0.15) is 11.5 Å². The lowest BCUT2D eigenvalue weighted by Gasteiger charge is -2.19. The van der Waals surface area contributed by atoms with Crippen molar-refractivity contribution < 1.29 is 28.7 Å². The van der Waals surface area contributed by atoms with E-state index in [9.17, 15) is 19.2 Å². The summed E-state index contributed by atoms with van der Waals surface area (Å²) >= 11 is 3.33. The Morgan fingerprint density at radius 3 is 2.44 bits per heavy atom. The van der Waals surface area contributed by atoms with Gasteiger partial charge in [-0.25, -0.2) is 4.90 Å². The molecular weight excluding hydrogens is 528 g/mol. The first kappa shape index (κ1) is 23.7. The molecule has 0 N–H and O–H groups in total.